The Labute approximate surface area is 157 Å². The Bertz CT molecular complexity index is 733. The number of likely N-dealkylation sites (N-methyl/N-ethyl adjacent to an activating group) is 1. The molecule has 5 nitrogen and oxygen atoms in total. The molecule has 0 saturated carbocycles. The van der Waals surface area contributed by atoms with Gasteiger partial charge in [-0.05, 0) is 42.9 Å². The van der Waals surface area contributed by atoms with Gasteiger partial charge in [-0.2, -0.15) is 0 Å². The molecule has 0 aromatic heterocycles. The molecule has 0 radical (unpaired) electrons. The molecule has 2 N–H and O–H groups in total. The molecule has 2 aromatic rings. The second-order valence-corrected chi connectivity index (χ2v) is 6.20. The summed E-state index contributed by atoms with van der Waals surface area (Å²) in [4.78, 5) is 12.7. The first kappa shape index (κ1) is 20.8. The van der Waals surface area contributed by atoms with Crippen molar-refractivity contribution >= 4 is 11.6 Å². The van der Waals surface area contributed by atoms with Crippen LogP contribution in [0.3, 0.4) is 0 Å². The topological polar surface area (TPSA) is 61.8 Å². The molecule has 0 aliphatic rings. The largest absolute Gasteiger partial charge is 0.491 e. The van der Waals surface area contributed by atoms with Crippen molar-refractivity contribution in [2.75, 3.05) is 25.0 Å². The maximum absolute atomic E-state index is 13.8. The summed E-state index contributed by atoms with van der Waals surface area (Å²) >= 11 is 0. The fourth-order valence-corrected chi connectivity index (χ4v) is 2.59. The summed E-state index contributed by atoms with van der Waals surface area (Å²) in [5, 5.41) is 12.8. The van der Waals surface area contributed by atoms with Crippen molar-refractivity contribution in [2.45, 2.75) is 26.5 Å². The number of nitrogens with one attached hydrogen (secondary N) is 1. The van der Waals surface area contributed by atoms with Crippen molar-refractivity contribution in [3.8, 4) is 5.75 Å². The van der Waals surface area contributed by atoms with Gasteiger partial charge in [-0.1, -0.05) is 13.0 Å². The highest BCUT2D eigenvalue weighted by Gasteiger charge is 2.16. The predicted molar refractivity (Wildman–Crippen MR) is 99.6 cm³/mol. The molecule has 146 valence electrons. The van der Waals surface area contributed by atoms with E-state index in [-0.39, 0.29) is 31.2 Å². The normalized spacial score (nSPS) is 12.1. The fraction of sp³-hybridized carbons (Fsp3) is 0.350. The third-order valence-electron chi connectivity index (χ3n) is 3.98. The van der Waals surface area contributed by atoms with Crippen LogP contribution in [0.5, 0.6) is 5.75 Å². The van der Waals surface area contributed by atoms with E-state index in [1.807, 2.05) is 6.92 Å². The summed E-state index contributed by atoms with van der Waals surface area (Å²) in [6.07, 6.45) is -0.824. The number of halogens is 2. The minimum absolute atomic E-state index is 0.0129. The van der Waals surface area contributed by atoms with Crippen molar-refractivity contribution in [3.63, 3.8) is 0 Å². The Balaban J connectivity index is 1.86. The van der Waals surface area contributed by atoms with Crippen LogP contribution in [0, 0.1) is 11.6 Å². The minimum Gasteiger partial charge on any atom is -0.491 e. The smallest absolute Gasteiger partial charge is 0.221 e. The molecule has 7 heteroatoms. The number of hydrogen-bond donors (Lipinski definition) is 2. The van der Waals surface area contributed by atoms with Crippen molar-refractivity contribution in [1.29, 1.82) is 0 Å². The van der Waals surface area contributed by atoms with Crippen LogP contribution in [0.4, 0.5) is 14.5 Å². The van der Waals surface area contributed by atoms with E-state index in [0.29, 0.717) is 18.0 Å². The van der Waals surface area contributed by atoms with Gasteiger partial charge in [0.05, 0.1) is 0 Å². The summed E-state index contributed by atoms with van der Waals surface area (Å²) in [6, 6.07) is 10.5. The standard InChI is InChI=1S/C20H24F2N2O3/c1-3-24(12-18-19(21)5-4-6-20(18)22)11-16(26)13-27-17-9-7-15(8-10-17)23-14(2)25/h4-10,16,26H,3,11-13H2,1-2H3,(H,23,25). The molecule has 1 amide bonds. The van der Waals surface area contributed by atoms with Crippen LogP contribution in [0.25, 0.3) is 0 Å². The van der Waals surface area contributed by atoms with Gasteiger partial charge in [0, 0.05) is 31.3 Å². The molecule has 1 unspecified atom stereocenters. The van der Waals surface area contributed by atoms with Crippen molar-refractivity contribution in [3.05, 3.63) is 59.7 Å². The second-order valence-electron chi connectivity index (χ2n) is 6.20. The summed E-state index contributed by atoms with van der Waals surface area (Å²) in [5.41, 5.74) is 0.639. The first-order valence-corrected chi connectivity index (χ1v) is 8.72. The number of carbonyl (C=O) groups excluding carboxylic acids is 1. The Hall–Kier alpha value is -2.51. The van der Waals surface area contributed by atoms with Crippen LogP contribution in [0.2, 0.25) is 0 Å². The quantitative estimate of drug-likeness (QED) is 0.704. The Morgan fingerprint density at radius 1 is 1.19 bits per heavy atom. The van der Waals surface area contributed by atoms with Crippen LogP contribution in [0.15, 0.2) is 42.5 Å². The third kappa shape index (κ3) is 6.62. The number of hydrogen-bond acceptors (Lipinski definition) is 4. The number of ether oxygens (including phenoxy) is 1. The van der Waals surface area contributed by atoms with E-state index in [1.54, 1.807) is 29.2 Å². The van der Waals surface area contributed by atoms with Crippen LogP contribution < -0.4 is 10.1 Å². The highest BCUT2D eigenvalue weighted by molar-refractivity contribution is 5.88. The number of carbonyl (C=O) groups is 1. The average Bonchev–Trinajstić information content (AvgIpc) is 2.63. The van der Waals surface area contributed by atoms with Crippen LogP contribution >= 0.6 is 0 Å². The van der Waals surface area contributed by atoms with Crippen molar-refractivity contribution in [1.82, 2.24) is 4.90 Å². The first-order chi connectivity index (χ1) is 12.9. The Kier molecular flexibility index (Phi) is 7.69. The zero-order chi connectivity index (χ0) is 19.8. The van der Waals surface area contributed by atoms with E-state index in [4.69, 9.17) is 4.74 Å². The van der Waals surface area contributed by atoms with Gasteiger partial charge in [-0.25, -0.2) is 8.78 Å². The zero-order valence-electron chi connectivity index (χ0n) is 15.4. The van der Waals surface area contributed by atoms with E-state index in [9.17, 15) is 18.7 Å². The highest BCUT2D eigenvalue weighted by Crippen LogP contribution is 2.17. The number of anilines is 1. The molecule has 0 heterocycles. The minimum atomic E-state index is -0.824. The maximum atomic E-state index is 13.8. The lowest BCUT2D eigenvalue weighted by Gasteiger charge is -2.24. The lowest BCUT2D eigenvalue weighted by molar-refractivity contribution is -0.114. The molecule has 1 atom stereocenters. The maximum Gasteiger partial charge on any atom is 0.221 e. The monoisotopic (exact) mass is 378 g/mol. The summed E-state index contributed by atoms with van der Waals surface area (Å²) < 4.78 is 33.1. The molecule has 0 saturated heterocycles. The molecule has 2 rings (SSSR count). The number of aliphatic hydroxyl groups excluding tert-OH is 1. The van der Waals surface area contributed by atoms with Crippen molar-refractivity contribution < 1.29 is 23.4 Å². The third-order valence-corrected chi connectivity index (χ3v) is 3.98. The highest BCUT2D eigenvalue weighted by atomic mass is 19.1. The van der Waals surface area contributed by atoms with E-state index in [0.717, 1.165) is 0 Å². The van der Waals surface area contributed by atoms with E-state index in [1.165, 1.54) is 25.1 Å². The molecule has 0 spiro atoms. The van der Waals surface area contributed by atoms with Gasteiger partial charge in [0.15, 0.2) is 0 Å². The summed E-state index contributed by atoms with van der Waals surface area (Å²) in [7, 11) is 0. The number of rotatable bonds is 9. The first-order valence-electron chi connectivity index (χ1n) is 8.72. The second kappa shape index (κ2) is 9.99. The van der Waals surface area contributed by atoms with Gasteiger partial charge in [0.2, 0.25) is 5.91 Å². The van der Waals surface area contributed by atoms with Crippen LogP contribution in [-0.2, 0) is 11.3 Å². The van der Waals surface area contributed by atoms with Gasteiger partial charge in [0.1, 0.15) is 30.1 Å². The molecule has 27 heavy (non-hydrogen) atoms. The fourth-order valence-electron chi connectivity index (χ4n) is 2.59. The van der Waals surface area contributed by atoms with Gasteiger partial charge < -0.3 is 15.2 Å². The summed E-state index contributed by atoms with van der Waals surface area (Å²) in [5.74, 6) is -0.812. The van der Waals surface area contributed by atoms with Gasteiger partial charge in [0.25, 0.3) is 0 Å². The molecule has 0 aliphatic heterocycles. The average molecular weight is 378 g/mol. The Morgan fingerprint density at radius 3 is 2.37 bits per heavy atom. The molecular formula is C20H24F2N2O3. The number of benzene rings is 2. The molecule has 0 aliphatic carbocycles. The molecule has 0 bridgehead atoms. The molecule has 2 aromatic carbocycles. The van der Waals surface area contributed by atoms with Gasteiger partial charge >= 0.3 is 0 Å². The van der Waals surface area contributed by atoms with Gasteiger partial charge in [-0.3, -0.25) is 9.69 Å². The number of aliphatic hydroxyl groups is 1. The van der Waals surface area contributed by atoms with Crippen molar-refractivity contribution in [2.24, 2.45) is 0 Å². The van der Waals surface area contributed by atoms with E-state index < -0.39 is 17.7 Å². The molecule has 0 fully saturated rings. The van der Waals surface area contributed by atoms with E-state index >= 15 is 0 Å². The van der Waals surface area contributed by atoms with Crippen LogP contribution in [-0.4, -0.2) is 41.7 Å². The Morgan fingerprint density at radius 2 is 1.81 bits per heavy atom. The lowest BCUT2D eigenvalue weighted by atomic mass is 10.1. The van der Waals surface area contributed by atoms with E-state index in [2.05, 4.69) is 5.32 Å². The SMILES string of the molecule is CCN(Cc1c(F)cccc1F)CC(O)COc1ccc(NC(C)=O)cc1. The number of amides is 1. The predicted octanol–water partition coefficient (Wildman–Crippen LogP) is 3.19. The van der Waals surface area contributed by atoms with Gasteiger partial charge in [-0.15, -0.1) is 0 Å². The summed E-state index contributed by atoms with van der Waals surface area (Å²) in [6.45, 7) is 4.12. The number of nitrogens with zero attached hydrogens (tertiary/aromatic N) is 1. The van der Waals surface area contributed by atoms with Crippen LogP contribution in [0.1, 0.15) is 19.4 Å². The molecular weight excluding hydrogens is 354 g/mol. The zero-order valence-corrected chi connectivity index (χ0v) is 15.4. The lowest BCUT2D eigenvalue weighted by Crippen LogP contribution is -2.35.